The van der Waals surface area contributed by atoms with Crippen LogP contribution in [0.1, 0.15) is 11.3 Å². The van der Waals surface area contributed by atoms with E-state index in [1.807, 2.05) is 24.3 Å². The lowest BCUT2D eigenvalue weighted by Gasteiger charge is -2.32. The highest BCUT2D eigenvalue weighted by Gasteiger charge is 2.41. The van der Waals surface area contributed by atoms with Gasteiger partial charge in [-0.1, -0.05) is 18.2 Å². The van der Waals surface area contributed by atoms with Crippen LogP contribution in [-0.2, 0) is 27.8 Å². The summed E-state index contributed by atoms with van der Waals surface area (Å²) in [6, 6.07) is 12.3. The summed E-state index contributed by atoms with van der Waals surface area (Å²) < 4.78 is 32.4. The number of sulfonamides is 1. The zero-order valence-electron chi connectivity index (χ0n) is 14.5. The van der Waals surface area contributed by atoms with Gasteiger partial charge in [-0.25, -0.2) is 8.42 Å². The second kappa shape index (κ2) is 6.40. The zero-order valence-corrected chi connectivity index (χ0v) is 15.4. The Morgan fingerprint density at radius 2 is 1.89 bits per heavy atom. The standard InChI is InChI=1S/C19H18N2O5S/c1-26-12-6-8-13(9-7-12)27(24,25)21-11-17-15(10-18(21)19(22)23)14-4-2-3-5-16(14)20-17/h2-9,18,20H,10-11H2,1H3,(H,22,23)/t18-/m1/s1. The molecule has 3 aromatic rings. The van der Waals surface area contributed by atoms with Crippen LogP contribution in [0.25, 0.3) is 10.9 Å². The number of aromatic nitrogens is 1. The van der Waals surface area contributed by atoms with E-state index < -0.39 is 22.0 Å². The van der Waals surface area contributed by atoms with E-state index in [-0.39, 0.29) is 17.9 Å². The summed E-state index contributed by atoms with van der Waals surface area (Å²) in [5.41, 5.74) is 2.46. The van der Waals surface area contributed by atoms with Crippen molar-refractivity contribution in [2.45, 2.75) is 23.9 Å². The second-order valence-electron chi connectivity index (χ2n) is 6.41. The number of carbonyl (C=O) groups is 1. The van der Waals surface area contributed by atoms with Crippen molar-refractivity contribution >= 4 is 26.9 Å². The molecule has 1 aromatic heterocycles. The SMILES string of the molecule is COc1ccc(S(=O)(=O)N2Cc3[nH]c4ccccc4c3C[C@@H]2C(=O)O)cc1. The number of hydrogen-bond acceptors (Lipinski definition) is 4. The molecule has 4 rings (SSSR count). The number of methoxy groups -OCH3 is 1. The Kier molecular flexibility index (Phi) is 4.16. The third-order valence-corrected chi connectivity index (χ3v) is 6.78. The monoisotopic (exact) mass is 386 g/mol. The third-order valence-electron chi connectivity index (χ3n) is 4.91. The lowest BCUT2D eigenvalue weighted by molar-refractivity contribution is -0.141. The summed E-state index contributed by atoms with van der Waals surface area (Å²) in [6.45, 7) is -0.0185. The van der Waals surface area contributed by atoms with Gasteiger partial charge in [0.2, 0.25) is 10.0 Å². The lowest BCUT2D eigenvalue weighted by Crippen LogP contribution is -2.48. The molecular formula is C19H18N2O5S. The number of para-hydroxylation sites is 1. The van der Waals surface area contributed by atoms with Gasteiger partial charge in [0, 0.05) is 23.0 Å². The number of carboxylic acids is 1. The molecule has 2 aromatic carbocycles. The van der Waals surface area contributed by atoms with Gasteiger partial charge in [0.25, 0.3) is 0 Å². The number of aliphatic carboxylic acids is 1. The molecule has 0 bridgehead atoms. The zero-order chi connectivity index (χ0) is 19.2. The summed E-state index contributed by atoms with van der Waals surface area (Å²) in [5, 5.41) is 10.6. The molecule has 140 valence electrons. The molecule has 1 aliphatic heterocycles. The van der Waals surface area contributed by atoms with Crippen molar-refractivity contribution in [2.24, 2.45) is 0 Å². The summed E-state index contributed by atoms with van der Waals surface area (Å²) in [4.78, 5) is 15.1. The molecule has 1 aliphatic rings. The van der Waals surface area contributed by atoms with E-state index in [0.717, 1.165) is 26.5 Å². The quantitative estimate of drug-likeness (QED) is 0.717. The Bertz CT molecular complexity index is 1120. The largest absolute Gasteiger partial charge is 0.497 e. The molecule has 1 atom stereocenters. The summed E-state index contributed by atoms with van der Waals surface area (Å²) in [5.74, 6) is -0.636. The van der Waals surface area contributed by atoms with Crippen molar-refractivity contribution in [3.8, 4) is 5.75 Å². The van der Waals surface area contributed by atoms with Crippen LogP contribution in [0.5, 0.6) is 5.75 Å². The highest BCUT2D eigenvalue weighted by molar-refractivity contribution is 7.89. The number of nitrogens with zero attached hydrogens (tertiary/aromatic N) is 1. The summed E-state index contributed by atoms with van der Waals surface area (Å²) in [6.07, 6.45) is 0.115. The van der Waals surface area contributed by atoms with E-state index in [2.05, 4.69) is 4.98 Å². The van der Waals surface area contributed by atoms with Crippen LogP contribution >= 0.6 is 0 Å². The van der Waals surface area contributed by atoms with Crippen molar-refractivity contribution in [2.75, 3.05) is 7.11 Å². The minimum atomic E-state index is -3.98. The van der Waals surface area contributed by atoms with Crippen molar-refractivity contribution in [3.05, 3.63) is 59.8 Å². The number of fused-ring (bicyclic) bond motifs is 3. The van der Waals surface area contributed by atoms with Crippen LogP contribution < -0.4 is 4.74 Å². The van der Waals surface area contributed by atoms with Gasteiger partial charge in [-0.2, -0.15) is 4.31 Å². The van der Waals surface area contributed by atoms with Gasteiger partial charge >= 0.3 is 5.97 Å². The Labute approximate surface area is 156 Å². The second-order valence-corrected chi connectivity index (χ2v) is 8.30. The molecule has 0 spiro atoms. The highest BCUT2D eigenvalue weighted by atomic mass is 32.2. The highest BCUT2D eigenvalue weighted by Crippen LogP contribution is 2.33. The van der Waals surface area contributed by atoms with Crippen LogP contribution in [0, 0.1) is 0 Å². The van der Waals surface area contributed by atoms with E-state index in [1.54, 1.807) is 12.1 Å². The van der Waals surface area contributed by atoms with Gasteiger partial charge in [0.05, 0.1) is 18.6 Å². The van der Waals surface area contributed by atoms with Crippen LogP contribution in [-0.4, -0.2) is 41.9 Å². The topological polar surface area (TPSA) is 99.7 Å². The number of rotatable bonds is 4. The first-order valence-electron chi connectivity index (χ1n) is 8.39. The number of carboxylic acid groups (broad SMARTS) is 1. The van der Waals surface area contributed by atoms with Crippen LogP contribution in [0.4, 0.5) is 0 Å². The van der Waals surface area contributed by atoms with Gasteiger partial charge in [0.1, 0.15) is 11.8 Å². The summed E-state index contributed by atoms with van der Waals surface area (Å²) in [7, 11) is -2.49. The molecule has 27 heavy (non-hydrogen) atoms. The van der Waals surface area contributed by atoms with Gasteiger partial charge in [-0.15, -0.1) is 0 Å². The Morgan fingerprint density at radius 3 is 2.56 bits per heavy atom. The van der Waals surface area contributed by atoms with Crippen molar-refractivity contribution < 1.29 is 23.1 Å². The first kappa shape index (κ1) is 17.6. The Balaban J connectivity index is 1.79. The minimum absolute atomic E-state index is 0.0185. The fourth-order valence-corrected chi connectivity index (χ4v) is 5.08. The maximum Gasteiger partial charge on any atom is 0.322 e. The number of H-pyrrole nitrogens is 1. The van der Waals surface area contributed by atoms with E-state index in [4.69, 9.17) is 4.74 Å². The average molecular weight is 386 g/mol. The van der Waals surface area contributed by atoms with Gasteiger partial charge in [0.15, 0.2) is 0 Å². The van der Waals surface area contributed by atoms with Crippen molar-refractivity contribution in [1.29, 1.82) is 0 Å². The molecule has 0 aliphatic carbocycles. The smallest absolute Gasteiger partial charge is 0.322 e. The van der Waals surface area contributed by atoms with Crippen LogP contribution in [0.2, 0.25) is 0 Å². The Morgan fingerprint density at radius 1 is 1.19 bits per heavy atom. The number of benzene rings is 2. The molecule has 0 radical (unpaired) electrons. The number of hydrogen-bond donors (Lipinski definition) is 2. The van der Waals surface area contributed by atoms with Crippen LogP contribution in [0.3, 0.4) is 0 Å². The van der Waals surface area contributed by atoms with E-state index in [0.29, 0.717) is 5.75 Å². The molecule has 0 saturated carbocycles. The Hall–Kier alpha value is -2.84. The van der Waals surface area contributed by atoms with E-state index >= 15 is 0 Å². The predicted molar refractivity (Wildman–Crippen MR) is 99.1 cm³/mol. The van der Waals surface area contributed by atoms with Gasteiger partial charge in [-0.05, 0) is 35.9 Å². The fraction of sp³-hybridized carbons (Fsp3) is 0.211. The van der Waals surface area contributed by atoms with Gasteiger partial charge < -0.3 is 14.8 Å². The maximum absolute atomic E-state index is 13.1. The molecular weight excluding hydrogens is 368 g/mol. The predicted octanol–water partition coefficient (Wildman–Crippen LogP) is 2.38. The molecule has 0 fully saturated rings. The molecule has 2 heterocycles. The summed E-state index contributed by atoms with van der Waals surface area (Å²) >= 11 is 0. The molecule has 0 saturated heterocycles. The number of aromatic amines is 1. The molecule has 8 heteroatoms. The molecule has 0 amide bonds. The number of nitrogens with one attached hydrogen (secondary N) is 1. The van der Waals surface area contributed by atoms with E-state index in [9.17, 15) is 18.3 Å². The van der Waals surface area contributed by atoms with E-state index in [1.165, 1.54) is 19.2 Å². The van der Waals surface area contributed by atoms with Crippen molar-refractivity contribution in [3.63, 3.8) is 0 Å². The lowest BCUT2D eigenvalue weighted by atomic mass is 9.99. The van der Waals surface area contributed by atoms with Crippen LogP contribution in [0.15, 0.2) is 53.4 Å². The number of ether oxygens (including phenoxy) is 1. The molecule has 0 unspecified atom stereocenters. The fourth-order valence-electron chi connectivity index (χ4n) is 3.53. The third kappa shape index (κ3) is 2.87. The maximum atomic E-state index is 13.1. The normalized spacial score (nSPS) is 17.6. The first-order chi connectivity index (χ1) is 12.9. The first-order valence-corrected chi connectivity index (χ1v) is 9.83. The molecule has 7 nitrogen and oxygen atoms in total. The van der Waals surface area contributed by atoms with Gasteiger partial charge in [-0.3, -0.25) is 4.79 Å². The average Bonchev–Trinajstić information content (AvgIpc) is 3.04. The molecule has 2 N–H and O–H groups in total. The minimum Gasteiger partial charge on any atom is -0.497 e. The van der Waals surface area contributed by atoms with Crippen molar-refractivity contribution in [1.82, 2.24) is 9.29 Å².